The largest absolute Gasteiger partial charge is 0.492 e. The summed E-state index contributed by atoms with van der Waals surface area (Å²) in [5.41, 5.74) is 1.39. The second-order valence-electron chi connectivity index (χ2n) is 8.34. The van der Waals surface area contributed by atoms with Gasteiger partial charge in [-0.1, -0.05) is 28.1 Å². The van der Waals surface area contributed by atoms with Crippen LogP contribution in [0.4, 0.5) is 19.3 Å². The van der Waals surface area contributed by atoms with Crippen LogP contribution in [0.25, 0.3) is 0 Å². The smallest absolute Gasteiger partial charge is 0.333 e. The number of rotatable bonds is 16. The number of hydrogen-bond donors (Lipinski definition) is 2. The van der Waals surface area contributed by atoms with Crippen LogP contribution in [0.3, 0.4) is 0 Å². The number of carbonyl (C=O) groups is 2. The van der Waals surface area contributed by atoms with E-state index in [2.05, 4.69) is 21.2 Å². The van der Waals surface area contributed by atoms with E-state index in [9.17, 15) is 23.5 Å². The Balaban J connectivity index is 1.90. The molecule has 0 aliphatic carbocycles. The first-order valence-corrected chi connectivity index (χ1v) is 12.7. The molecule has 1 unspecified atom stereocenters. The lowest BCUT2D eigenvalue weighted by molar-refractivity contribution is -0.149. The predicted octanol–water partition coefficient (Wildman–Crippen LogP) is 5.46. The first kappa shape index (κ1) is 30.5. The molecule has 2 N–H and O–H groups in total. The van der Waals surface area contributed by atoms with E-state index in [1.165, 1.54) is 4.90 Å². The summed E-state index contributed by atoms with van der Waals surface area (Å²) in [5, 5.41) is 12.0. The number of carboxylic acid groups (broad SMARTS) is 1. The number of carbonyl (C=O) groups excluding carboxylic acids is 1. The van der Waals surface area contributed by atoms with E-state index in [0.717, 1.165) is 17.0 Å². The third-order valence-electron chi connectivity index (χ3n) is 5.19. The normalized spacial score (nSPS) is 12.1. The minimum Gasteiger partial charge on any atom is -0.492 e. The summed E-state index contributed by atoms with van der Waals surface area (Å²) >= 11 is 3.35. The van der Waals surface area contributed by atoms with Gasteiger partial charge < -0.3 is 29.5 Å². The molecule has 2 aromatic rings. The summed E-state index contributed by atoms with van der Waals surface area (Å²) in [7, 11) is 0. The SMILES string of the molecule is CCOC(Cc1ccc(OCCN(CCOCCC(C)(F)F)C(=O)Nc2ccc(Br)cc2)cc1)C(=O)O. The zero-order valence-corrected chi connectivity index (χ0v) is 22.5. The standard InChI is InChI=1S/C26H33BrF2N2O6/c1-3-36-23(24(32)33)18-19-4-10-22(11-5-19)37-17-14-31(13-16-35-15-12-26(2,28)29)25(34)30-21-8-6-20(27)7-9-21/h4-11,23H,3,12-18H2,1-2H3,(H,30,34)(H,32,33). The Morgan fingerprint density at radius 3 is 2.30 bits per heavy atom. The van der Waals surface area contributed by atoms with Crippen molar-refractivity contribution < 1.29 is 37.7 Å². The summed E-state index contributed by atoms with van der Waals surface area (Å²) < 4.78 is 43.1. The van der Waals surface area contributed by atoms with Crippen molar-refractivity contribution in [3.63, 3.8) is 0 Å². The minimum atomic E-state index is -2.81. The van der Waals surface area contributed by atoms with Gasteiger partial charge in [0, 0.05) is 36.2 Å². The number of alkyl halides is 2. The highest BCUT2D eigenvalue weighted by molar-refractivity contribution is 9.10. The van der Waals surface area contributed by atoms with Crippen LogP contribution in [0.15, 0.2) is 53.0 Å². The molecule has 2 rings (SSSR count). The number of nitrogens with one attached hydrogen (secondary N) is 1. The average molecular weight is 587 g/mol. The number of nitrogens with zero attached hydrogens (tertiary/aromatic N) is 1. The fourth-order valence-electron chi connectivity index (χ4n) is 3.21. The van der Waals surface area contributed by atoms with Crippen LogP contribution < -0.4 is 10.1 Å². The monoisotopic (exact) mass is 586 g/mol. The van der Waals surface area contributed by atoms with E-state index in [0.29, 0.717) is 18.0 Å². The van der Waals surface area contributed by atoms with Gasteiger partial charge in [0.15, 0.2) is 6.10 Å². The molecular weight excluding hydrogens is 554 g/mol. The number of benzene rings is 2. The van der Waals surface area contributed by atoms with Crippen molar-refractivity contribution in [3.05, 3.63) is 58.6 Å². The molecule has 204 valence electrons. The van der Waals surface area contributed by atoms with E-state index in [1.54, 1.807) is 55.5 Å². The minimum absolute atomic E-state index is 0.100. The van der Waals surface area contributed by atoms with Crippen molar-refractivity contribution in [1.29, 1.82) is 0 Å². The lowest BCUT2D eigenvalue weighted by Crippen LogP contribution is -2.40. The molecule has 2 aromatic carbocycles. The van der Waals surface area contributed by atoms with Crippen molar-refractivity contribution in [2.75, 3.05) is 44.8 Å². The highest BCUT2D eigenvalue weighted by Gasteiger charge is 2.21. The first-order valence-electron chi connectivity index (χ1n) is 11.9. The van der Waals surface area contributed by atoms with Gasteiger partial charge in [-0.3, -0.25) is 0 Å². The van der Waals surface area contributed by atoms with Crippen molar-refractivity contribution in [2.45, 2.75) is 38.7 Å². The third-order valence-corrected chi connectivity index (χ3v) is 5.72. The Hall–Kier alpha value is -2.76. The summed E-state index contributed by atoms with van der Waals surface area (Å²) in [5.74, 6) is -3.27. The van der Waals surface area contributed by atoms with Crippen LogP contribution in [-0.2, 0) is 20.7 Å². The molecule has 0 saturated carbocycles. The second kappa shape index (κ2) is 15.5. The fourth-order valence-corrected chi connectivity index (χ4v) is 3.47. The molecule has 0 aliphatic heterocycles. The van der Waals surface area contributed by atoms with Crippen LogP contribution in [-0.4, -0.2) is 73.6 Å². The van der Waals surface area contributed by atoms with Gasteiger partial charge in [0.05, 0.1) is 19.8 Å². The van der Waals surface area contributed by atoms with Crippen molar-refractivity contribution in [2.24, 2.45) is 0 Å². The maximum Gasteiger partial charge on any atom is 0.333 e. The molecule has 0 saturated heterocycles. The van der Waals surface area contributed by atoms with Crippen LogP contribution in [0.5, 0.6) is 5.75 Å². The Morgan fingerprint density at radius 1 is 1.05 bits per heavy atom. The van der Waals surface area contributed by atoms with Gasteiger partial charge in [-0.05, 0) is 55.8 Å². The second-order valence-corrected chi connectivity index (χ2v) is 9.25. The summed E-state index contributed by atoms with van der Waals surface area (Å²) in [4.78, 5) is 25.6. The van der Waals surface area contributed by atoms with Crippen LogP contribution in [0, 0.1) is 0 Å². The van der Waals surface area contributed by atoms with Crippen molar-refractivity contribution in [1.82, 2.24) is 4.90 Å². The lowest BCUT2D eigenvalue weighted by Gasteiger charge is -2.23. The van der Waals surface area contributed by atoms with Crippen LogP contribution in [0.1, 0.15) is 25.8 Å². The summed E-state index contributed by atoms with van der Waals surface area (Å²) in [6.45, 7) is 3.46. The zero-order chi connectivity index (χ0) is 27.3. The van der Waals surface area contributed by atoms with Gasteiger partial charge in [0.1, 0.15) is 12.4 Å². The van der Waals surface area contributed by atoms with Crippen molar-refractivity contribution in [3.8, 4) is 5.75 Å². The van der Waals surface area contributed by atoms with E-state index in [-0.39, 0.29) is 45.4 Å². The van der Waals surface area contributed by atoms with Crippen LogP contribution in [0.2, 0.25) is 0 Å². The van der Waals surface area contributed by atoms with Gasteiger partial charge in [0.25, 0.3) is 0 Å². The van der Waals surface area contributed by atoms with Gasteiger partial charge in [-0.15, -0.1) is 0 Å². The van der Waals surface area contributed by atoms with Crippen molar-refractivity contribution >= 4 is 33.6 Å². The highest BCUT2D eigenvalue weighted by atomic mass is 79.9. The molecule has 0 bridgehead atoms. The molecule has 8 nitrogen and oxygen atoms in total. The summed E-state index contributed by atoms with van der Waals surface area (Å²) in [6, 6.07) is 13.7. The van der Waals surface area contributed by atoms with Gasteiger partial charge in [-0.2, -0.15) is 0 Å². The Labute approximate surface area is 224 Å². The zero-order valence-electron chi connectivity index (χ0n) is 20.9. The van der Waals surface area contributed by atoms with E-state index < -0.39 is 24.4 Å². The quantitative estimate of drug-likeness (QED) is 0.254. The van der Waals surface area contributed by atoms with Crippen LogP contribution >= 0.6 is 15.9 Å². The number of halogens is 3. The number of ether oxygens (including phenoxy) is 3. The predicted molar refractivity (Wildman–Crippen MR) is 139 cm³/mol. The first-order chi connectivity index (χ1) is 17.6. The maximum absolute atomic E-state index is 13.0. The molecule has 0 aromatic heterocycles. The van der Waals surface area contributed by atoms with Gasteiger partial charge in [0.2, 0.25) is 5.92 Å². The molecule has 0 fully saturated rings. The van der Waals surface area contributed by atoms with E-state index in [4.69, 9.17) is 14.2 Å². The van der Waals surface area contributed by atoms with E-state index >= 15 is 0 Å². The number of carboxylic acids is 1. The fraction of sp³-hybridized carbons (Fsp3) is 0.462. The number of amides is 2. The maximum atomic E-state index is 13.0. The Bertz CT molecular complexity index is 971. The Morgan fingerprint density at radius 2 is 1.70 bits per heavy atom. The number of urea groups is 1. The highest BCUT2D eigenvalue weighted by Crippen LogP contribution is 2.17. The molecule has 2 amide bonds. The molecule has 37 heavy (non-hydrogen) atoms. The van der Waals surface area contributed by atoms with Gasteiger partial charge >= 0.3 is 12.0 Å². The average Bonchev–Trinajstić information content (AvgIpc) is 2.84. The molecule has 1 atom stereocenters. The Kier molecular flexibility index (Phi) is 12.7. The number of hydrogen-bond acceptors (Lipinski definition) is 5. The van der Waals surface area contributed by atoms with E-state index in [1.807, 2.05) is 0 Å². The molecule has 0 radical (unpaired) electrons. The molecular formula is C26H33BrF2N2O6. The van der Waals surface area contributed by atoms with Gasteiger partial charge in [-0.25, -0.2) is 18.4 Å². The number of aliphatic carboxylic acids is 1. The molecule has 0 aliphatic rings. The lowest BCUT2D eigenvalue weighted by atomic mass is 10.1. The topological polar surface area (TPSA) is 97.3 Å². The third kappa shape index (κ3) is 12.4. The molecule has 0 heterocycles. The molecule has 0 spiro atoms. The summed E-state index contributed by atoms with van der Waals surface area (Å²) in [6.07, 6.45) is -1.08. The number of anilines is 1. The molecule has 11 heteroatoms.